The van der Waals surface area contributed by atoms with E-state index < -0.39 is 10.0 Å². The molecule has 1 amide bonds. The zero-order valence-corrected chi connectivity index (χ0v) is 17.7. The molecule has 0 aromatic carbocycles. The molecule has 2 aliphatic rings. The van der Waals surface area contributed by atoms with Gasteiger partial charge in [0.1, 0.15) is 5.69 Å². The highest BCUT2D eigenvalue weighted by molar-refractivity contribution is 7.89. The Morgan fingerprint density at radius 3 is 2.46 bits per heavy atom. The molecule has 0 atom stereocenters. The molecule has 1 N–H and O–H groups in total. The predicted octanol–water partition coefficient (Wildman–Crippen LogP) is 1.97. The molecule has 156 valence electrons. The molecule has 1 saturated carbocycles. The van der Waals surface area contributed by atoms with E-state index in [9.17, 15) is 13.2 Å². The first-order chi connectivity index (χ1) is 13.3. The quantitative estimate of drug-likeness (QED) is 0.770. The van der Waals surface area contributed by atoms with E-state index in [1.807, 2.05) is 14.1 Å². The fourth-order valence-electron chi connectivity index (χ4n) is 3.89. The van der Waals surface area contributed by atoms with Crippen LogP contribution in [-0.4, -0.2) is 61.9 Å². The number of hydrogen-bond acceptors (Lipinski definition) is 6. The van der Waals surface area contributed by atoms with Crippen molar-refractivity contribution in [2.45, 2.75) is 56.4 Å². The average molecular weight is 411 g/mol. The van der Waals surface area contributed by atoms with Gasteiger partial charge < -0.3 is 14.7 Å². The van der Waals surface area contributed by atoms with Crippen molar-refractivity contribution in [3.8, 4) is 0 Å². The van der Waals surface area contributed by atoms with Gasteiger partial charge >= 0.3 is 0 Å². The maximum atomic E-state index is 13.2. The van der Waals surface area contributed by atoms with E-state index in [-0.39, 0.29) is 22.5 Å². The van der Waals surface area contributed by atoms with Gasteiger partial charge in [0.2, 0.25) is 15.9 Å². The first-order valence-electron chi connectivity index (χ1n) is 9.90. The van der Waals surface area contributed by atoms with Crippen molar-refractivity contribution < 1.29 is 17.7 Å². The summed E-state index contributed by atoms with van der Waals surface area (Å²) in [4.78, 5) is 14.4. The standard InChI is InChI=1S/C19H30N4O4S/c1-14-18(17(27-21-14)10-11-22(2)3)28(25,26)23-12-8-15(9-13-23)19(24)20-16-6-4-5-7-16/h10-11,15-16H,4-9,12-13H2,1-3H3,(H,20,24)/b11-10+. The molecule has 2 heterocycles. The lowest BCUT2D eigenvalue weighted by molar-refractivity contribution is -0.126. The lowest BCUT2D eigenvalue weighted by atomic mass is 9.97. The van der Waals surface area contributed by atoms with E-state index in [0.29, 0.717) is 37.7 Å². The summed E-state index contributed by atoms with van der Waals surface area (Å²) >= 11 is 0. The number of nitrogens with one attached hydrogen (secondary N) is 1. The van der Waals surface area contributed by atoms with Crippen molar-refractivity contribution in [2.24, 2.45) is 5.92 Å². The van der Waals surface area contributed by atoms with Crippen LogP contribution in [0, 0.1) is 12.8 Å². The van der Waals surface area contributed by atoms with E-state index in [1.165, 1.54) is 17.1 Å². The molecule has 0 radical (unpaired) electrons. The molecule has 1 aliphatic carbocycles. The van der Waals surface area contributed by atoms with E-state index in [4.69, 9.17) is 4.52 Å². The summed E-state index contributed by atoms with van der Waals surface area (Å²) in [6, 6.07) is 0.292. The topological polar surface area (TPSA) is 95.8 Å². The molecule has 1 aliphatic heterocycles. The van der Waals surface area contributed by atoms with Crippen LogP contribution >= 0.6 is 0 Å². The summed E-state index contributed by atoms with van der Waals surface area (Å²) in [7, 11) is -0.0387. The minimum absolute atomic E-state index is 0.0692. The van der Waals surface area contributed by atoms with Crippen molar-refractivity contribution >= 4 is 22.0 Å². The van der Waals surface area contributed by atoms with Gasteiger partial charge in [-0.3, -0.25) is 4.79 Å². The molecular formula is C19H30N4O4S. The van der Waals surface area contributed by atoms with Crippen molar-refractivity contribution in [3.05, 3.63) is 17.7 Å². The van der Waals surface area contributed by atoms with Crippen LogP contribution in [0.25, 0.3) is 6.08 Å². The molecule has 0 spiro atoms. The third kappa shape index (κ3) is 4.57. The third-order valence-electron chi connectivity index (χ3n) is 5.48. The molecule has 3 rings (SSSR count). The van der Waals surface area contributed by atoms with Gasteiger partial charge in [-0.25, -0.2) is 8.42 Å². The highest BCUT2D eigenvalue weighted by atomic mass is 32.2. The van der Waals surface area contributed by atoms with Crippen LogP contribution in [0.1, 0.15) is 50.0 Å². The first kappa shape index (κ1) is 20.9. The third-order valence-corrected chi connectivity index (χ3v) is 7.54. The highest BCUT2D eigenvalue weighted by Crippen LogP contribution is 2.29. The summed E-state index contributed by atoms with van der Waals surface area (Å²) < 4.78 is 33.0. The second-order valence-corrected chi connectivity index (χ2v) is 9.78. The lowest BCUT2D eigenvalue weighted by Crippen LogP contribution is -2.45. The zero-order valence-electron chi connectivity index (χ0n) is 16.8. The van der Waals surface area contributed by atoms with Crippen LogP contribution < -0.4 is 5.32 Å². The Morgan fingerprint density at radius 2 is 1.86 bits per heavy atom. The smallest absolute Gasteiger partial charge is 0.248 e. The average Bonchev–Trinajstić information content (AvgIpc) is 3.29. The number of hydrogen-bond donors (Lipinski definition) is 1. The summed E-state index contributed by atoms with van der Waals surface area (Å²) in [6.07, 6.45) is 8.84. The van der Waals surface area contributed by atoms with Gasteiger partial charge in [0.25, 0.3) is 0 Å². The van der Waals surface area contributed by atoms with Crippen LogP contribution in [0.3, 0.4) is 0 Å². The van der Waals surface area contributed by atoms with Gasteiger partial charge in [-0.2, -0.15) is 4.31 Å². The van der Waals surface area contributed by atoms with Crippen LogP contribution in [0.5, 0.6) is 0 Å². The molecule has 1 aromatic rings. The molecule has 8 nitrogen and oxygen atoms in total. The van der Waals surface area contributed by atoms with E-state index in [0.717, 1.165) is 12.8 Å². The Balaban J connectivity index is 1.66. The molecule has 1 saturated heterocycles. The van der Waals surface area contributed by atoms with Gasteiger partial charge in [0.15, 0.2) is 10.7 Å². The van der Waals surface area contributed by atoms with Crippen LogP contribution in [0.2, 0.25) is 0 Å². The molecule has 1 aromatic heterocycles. The van der Waals surface area contributed by atoms with Gasteiger partial charge in [-0.15, -0.1) is 0 Å². The fourth-order valence-corrected chi connectivity index (χ4v) is 5.61. The van der Waals surface area contributed by atoms with E-state index >= 15 is 0 Å². The van der Waals surface area contributed by atoms with Crippen molar-refractivity contribution in [1.82, 2.24) is 19.7 Å². The maximum Gasteiger partial charge on any atom is 0.248 e. The summed E-state index contributed by atoms with van der Waals surface area (Å²) in [5, 5.41) is 6.97. The maximum absolute atomic E-state index is 13.2. The van der Waals surface area contributed by atoms with Crippen LogP contribution in [0.4, 0.5) is 0 Å². The molecule has 28 heavy (non-hydrogen) atoms. The number of aryl methyl sites for hydroxylation is 1. The second-order valence-electron chi connectivity index (χ2n) is 7.91. The Kier molecular flexibility index (Phi) is 6.44. The summed E-state index contributed by atoms with van der Waals surface area (Å²) in [5.41, 5.74) is 0.347. The predicted molar refractivity (Wildman–Crippen MR) is 106 cm³/mol. The van der Waals surface area contributed by atoms with Crippen molar-refractivity contribution in [1.29, 1.82) is 0 Å². The van der Waals surface area contributed by atoms with Gasteiger partial charge in [-0.1, -0.05) is 18.0 Å². The van der Waals surface area contributed by atoms with Gasteiger partial charge in [-0.05, 0) is 32.6 Å². The zero-order chi connectivity index (χ0) is 20.3. The Labute approximate surface area is 167 Å². The summed E-state index contributed by atoms with van der Waals surface area (Å²) in [5.74, 6) is 0.177. The number of sulfonamides is 1. The minimum Gasteiger partial charge on any atom is -0.383 e. The lowest BCUT2D eigenvalue weighted by Gasteiger charge is -2.31. The number of aromatic nitrogens is 1. The molecular weight excluding hydrogens is 380 g/mol. The highest BCUT2D eigenvalue weighted by Gasteiger charge is 2.36. The Hall–Kier alpha value is -1.87. The van der Waals surface area contributed by atoms with Gasteiger partial charge in [0, 0.05) is 51.4 Å². The number of nitrogens with zero attached hydrogens (tertiary/aromatic N) is 3. The molecule has 0 unspecified atom stereocenters. The Bertz CT molecular complexity index is 817. The van der Waals surface area contributed by atoms with Crippen LogP contribution in [-0.2, 0) is 14.8 Å². The number of carbonyl (C=O) groups excluding carboxylic acids is 1. The largest absolute Gasteiger partial charge is 0.383 e. The molecule has 2 fully saturated rings. The van der Waals surface area contributed by atoms with Crippen molar-refractivity contribution in [2.75, 3.05) is 27.2 Å². The number of amides is 1. The summed E-state index contributed by atoms with van der Waals surface area (Å²) in [6.45, 7) is 2.28. The number of carbonyl (C=O) groups is 1. The van der Waals surface area contributed by atoms with Crippen molar-refractivity contribution in [3.63, 3.8) is 0 Å². The minimum atomic E-state index is -3.72. The molecule has 9 heteroatoms. The first-order valence-corrected chi connectivity index (χ1v) is 11.3. The number of rotatable bonds is 6. The van der Waals surface area contributed by atoms with Crippen LogP contribution in [0.15, 0.2) is 15.6 Å². The fraction of sp³-hybridized carbons (Fsp3) is 0.684. The van der Waals surface area contributed by atoms with E-state index in [1.54, 1.807) is 24.1 Å². The monoisotopic (exact) mass is 410 g/mol. The number of piperidine rings is 1. The SMILES string of the molecule is Cc1noc(/C=C/N(C)C)c1S(=O)(=O)N1CCC(C(=O)NC2CCCC2)CC1. The normalized spacial score (nSPS) is 20.1. The van der Waals surface area contributed by atoms with Gasteiger partial charge in [0.05, 0.1) is 0 Å². The second kappa shape index (κ2) is 8.65. The Morgan fingerprint density at radius 1 is 1.21 bits per heavy atom. The van der Waals surface area contributed by atoms with E-state index in [2.05, 4.69) is 10.5 Å². The molecule has 0 bridgehead atoms.